The van der Waals surface area contributed by atoms with Gasteiger partial charge >= 0.3 is 17.9 Å². The quantitative estimate of drug-likeness (QED) is 0.0239. The van der Waals surface area contributed by atoms with Crippen molar-refractivity contribution in [2.24, 2.45) is 34.8 Å². The Balaban J connectivity index is 1.36. The number of unbranched alkanes of at least 4 members (excludes halogenated alkanes) is 3. The van der Waals surface area contributed by atoms with Gasteiger partial charge < -0.3 is 144 Å². The van der Waals surface area contributed by atoms with Gasteiger partial charge in [-0.2, -0.15) is 35.3 Å². The highest BCUT2D eigenvalue weighted by Crippen LogP contribution is 2.24. The van der Waals surface area contributed by atoms with Crippen LogP contribution in [0.4, 0.5) is 0 Å². The zero-order valence-corrected chi connectivity index (χ0v) is 88.8. The van der Waals surface area contributed by atoms with E-state index in [9.17, 15) is 121 Å². The van der Waals surface area contributed by atoms with Crippen LogP contribution in [0.25, 0.3) is 0 Å². The number of aromatic nitrogens is 2. The first-order chi connectivity index (χ1) is 71.5. The number of imidazole rings is 1. The van der Waals surface area contributed by atoms with Crippen LogP contribution in [-0.2, 0) is 120 Å². The topological polar surface area (TPSA) is 780 Å². The molecule has 0 saturated carbocycles. The first-order valence-corrected chi connectivity index (χ1v) is 54.8. The van der Waals surface area contributed by atoms with Crippen molar-refractivity contribution in [3.63, 3.8) is 0 Å². The SMILES string of the molecule is CC[C@H](C)[C@H](NC(=O)[C@H](CCSC)NC(=O)[C@@H]1CCCN1)C(=O)N[C@@H](CO)C(=O)N[C@@H](Cc1cnc[nH]1)C(=O)N[C@@H](CCCCN)C(=O)N[C@@H](CC(N)=O)C(=O)N[C@@H](Cc1ccccc1)C(=O)N[C@@H](CCC(=O)O)C(=O)N[C@@H](C)C(=O)N[C@@H](CCSC)C(=O)N[C@@H](CCCCN)C(=O)N[C@@H](CCSC)C(=O)N[C@@H](CCCCN)C(=O)N[C@@H](Cc1ccccc1)C(=O)N[C@H](C(=O)N1CCC[C@H]1C(=O)N[C@@H](CCC(=O)O)C(=O)O)C(C)C. The number of carbonyl (C=O) groups is 21. The third-order valence-corrected chi connectivity index (χ3v) is 27.2. The number of carboxylic acid groups (broad SMARTS) is 3. The predicted molar refractivity (Wildman–Crippen MR) is 559 cm³/mol. The van der Waals surface area contributed by atoms with Gasteiger partial charge in [0.05, 0.1) is 25.4 Å². The second-order valence-electron chi connectivity index (χ2n) is 37.4. The van der Waals surface area contributed by atoms with Crippen molar-refractivity contribution in [2.45, 2.75) is 304 Å². The summed E-state index contributed by atoms with van der Waals surface area (Å²) < 4.78 is 0. The molecule has 5 rings (SSSR count). The highest BCUT2D eigenvalue weighted by atomic mass is 32.2. The third kappa shape index (κ3) is 45.3. The molecule has 49 nitrogen and oxygen atoms in total. The number of primary amides is 1. The van der Waals surface area contributed by atoms with E-state index in [1.165, 1.54) is 59.6 Å². The van der Waals surface area contributed by atoms with Crippen molar-refractivity contribution < 1.29 is 121 Å². The Labute approximate surface area is 885 Å². The molecule has 0 spiro atoms. The minimum Gasteiger partial charge on any atom is -0.481 e. The van der Waals surface area contributed by atoms with Crippen molar-refractivity contribution in [1.29, 1.82) is 0 Å². The summed E-state index contributed by atoms with van der Waals surface area (Å²) in [7, 11) is 0. The molecule has 1 aromatic heterocycles. The van der Waals surface area contributed by atoms with Gasteiger partial charge in [-0.15, -0.1) is 0 Å². The second kappa shape index (κ2) is 69.0. The van der Waals surface area contributed by atoms with Crippen LogP contribution in [0.1, 0.15) is 193 Å². The van der Waals surface area contributed by atoms with Gasteiger partial charge in [-0.05, 0) is 208 Å². The zero-order chi connectivity index (χ0) is 111. The fraction of sp³-hybridized carbons (Fsp3) is 0.633. The molecule has 3 heterocycles. The second-order valence-corrected chi connectivity index (χ2v) is 40.3. The van der Waals surface area contributed by atoms with E-state index >= 15 is 0 Å². The lowest BCUT2D eigenvalue weighted by Crippen LogP contribution is -2.62. The van der Waals surface area contributed by atoms with Gasteiger partial charge in [0.1, 0.15) is 103 Å². The number of carboxylic acids is 3. The Morgan fingerprint density at radius 3 is 1.19 bits per heavy atom. The lowest BCUT2D eigenvalue weighted by molar-refractivity contribution is -0.146. The van der Waals surface area contributed by atoms with Crippen LogP contribution in [0, 0.1) is 11.8 Å². The average molecular weight is 2160 g/mol. The Bertz CT molecular complexity index is 4900. The molecular formula is C98H154N24O25S3. The highest BCUT2D eigenvalue weighted by Gasteiger charge is 2.44. The number of carbonyl (C=O) groups excluding carboxylic acids is 18. The number of nitrogens with two attached hydrogens (primary N) is 4. The standard InChI is InChI=1S/C98H154N24O25S3/c1-9-56(4)80(121-89(137)68(39-47-150-8)112-82(130)61-31-22-43-104-61)96(144)119-74(53-123)94(142)117-72(50-60-52-103-54-105-60)91(139)110-64(30-18-21-42-101)86(134)118-73(51-76(102)124)92(140)116-70(48-58-24-12-10-13-25-58)90(138)111-65(33-35-77(125)126)83(131)106-57(5)81(129)107-66(37-45-148-6)87(135)108-62(28-16-19-40-99)84(132)113-67(38-46-149-7)88(136)109-63(29-17-20-41-100)85(133)115-71(49-59-26-14-11-15-27-59)93(141)120-79(55(2)3)97(145)122-44-23-32-75(122)95(143)114-69(98(146)147)34-36-78(127)128/h10-15,24-27,52,54-57,61-75,79-80,104,123H,9,16-23,28-51,53,99-101H2,1-8H3,(H2,102,124)(H,103,105)(H,106,131)(H,107,129)(H,108,135)(H,109,136)(H,110,139)(H,111,138)(H,112,130)(H,113,132)(H,114,143)(H,115,133)(H,116,140)(H,117,142)(H,118,134)(H,119,144)(H,120,141)(H,121,137)(H,125,126)(H,127,128)(H,146,147)/t56-,57-,61-,62-,63-,64-,65-,66-,67-,68-,69-,70-,71-,72-,73-,74-,75-,79-,80-/m0/s1. The molecule has 19 atom stereocenters. The van der Waals surface area contributed by atoms with E-state index in [1.54, 1.807) is 101 Å². The largest absolute Gasteiger partial charge is 0.481 e. The molecule has 0 unspecified atom stereocenters. The lowest BCUT2D eigenvalue weighted by atomic mass is 9.97. The van der Waals surface area contributed by atoms with Crippen LogP contribution in [0.15, 0.2) is 73.2 Å². The number of nitrogens with zero attached hydrogens (tertiary/aromatic N) is 2. The summed E-state index contributed by atoms with van der Waals surface area (Å²) in [6, 6.07) is -9.75. The van der Waals surface area contributed by atoms with Crippen molar-refractivity contribution in [1.82, 2.24) is 105 Å². The number of H-pyrrole nitrogens is 1. The number of rotatable bonds is 73. The summed E-state index contributed by atoms with van der Waals surface area (Å²) in [5.74, 6) is -21.2. The Hall–Kier alpha value is -12.6. The number of aliphatic hydroxyl groups is 1. The van der Waals surface area contributed by atoms with Gasteiger partial charge in [0, 0.05) is 50.5 Å². The molecule has 3 aromatic rings. The predicted octanol–water partition coefficient (Wildman–Crippen LogP) is -4.01. The number of aromatic amines is 1. The maximum Gasteiger partial charge on any atom is 0.326 e. The third-order valence-electron chi connectivity index (χ3n) is 25.3. The fourth-order valence-corrected chi connectivity index (χ4v) is 17.9. The molecule has 2 aromatic carbocycles. The van der Waals surface area contributed by atoms with E-state index in [1.807, 2.05) is 6.26 Å². The number of benzene rings is 2. The Kier molecular flexibility index (Phi) is 58.8. The van der Waals surface area contributed by atoms with E-state index in [2.05, 4.69) is 100 Å². The maximum absolute atomic E-state index is 14.9. The summed E-state index contributed by atoms with van der Waals surface area (Å²) in [6.07, 6.45) is 7.13. The van der Waals surface area contributed by atoms with E-state index in [4.69, 9.17) is 22.9 Å². The first-order valence-electron chi connectivity index (χ1n) is 50.6. The molecule has 2 fully saturated rings. The normalized spacial score (nSPS) is 16.6. The van der Waals surface area contributed by atoms with Crippen molar-refractivity contribution in [3.05, 3.63) is 90.0 Å². The van der Waals surface area contributed by atoms with Crippen LogP contribution < -0.4 is 113 Å². The van der Waals surface area contributed by atoms with Gasteiger partial charge in [-0.25, -0.2) is 9.78 Å². The minimum atomic E-state index is -1.95. The summed E-state index contributed by atoms with van der Waals surface area (Å²) >= 11 is 4.02. The summed E-state index contributed by atoms with van der Waals surface area (Å²) in [5.41, 5.74) is 24.6. The number of hydrogen-bond donors (Lipinski definition) is 26. The number of aliphatic carboxylic acids is 3. The molecule has 0 radical (unpaired) electrons. The van der Waals surface area contributed by atoms with Crippen LogP contribution in [0.2, 0.25) is 0 Å². The van der Waals surface area contributed by atoms with Crippen LogP contribution >= 0.6 is 35.3 Å². The summed E-state index contributed by atoms with van der Waals surface area (Å²) in [5, 5.41) is 84.5. The summed E-state index contributed by atoms with van der Waals surface area (Å²) in [6.45, 7) is 7.97. The number of aliphatic hydroxyl groups excluding tert-OH is 1. The summed E-state index contributed by atoms with van der Waals surface area (Å²) in [4.78, 5) is 303. The van der Waals surface area contributed by atoms with E-state index in [0.29, 0.717) is 55.5 Å². The van der Waals surface area contributed by atoms with Crippen molar-refractivity contribution in [2.75, 3.05) is 75.4 Å². The van der Waals surface area contributed by atoms with Gasteiger partial charge in [0.2, 0.25) is 106 Å². The molecule has 150 heavy (non-hydrogen) atoms. The van der Waals surface area contributed by atoms with Crippen LogP contribution in [0.5, 0.6) is 0 Å². The number of thioether (sulfide) groups is 3. The maximum atomic E-state index is 14.9. The number of amides is 18. The minimum absolute atomic E-state index is 0.0393. The van der Waals surface area contributed by atoms with Crippen molar-refractivity contribution in [3.8, 4) is 0 Å². The van der Waals surface area contributed by atoms with E-state index in [0.717, 1.165) is 6.42 Å². The van der Waals surface area contributed by atoms with Crippen LogP contribution in [-0.4, -0.2) is 344 Å². The molecular weight excluding hydrogens is 2010 g/mol. The molecule has 0 aliphatic carbocycles. The molecule has 18 amide bonds. The number of hydrogen-bond acceptors (Lipinski definition) is 30. The molecule has 834 valence electrons. The molecule has 52 heteroatoms. The smallest absolute Gasteiger partial charge is 0.326 e. The van der Waals surface area contributed by atoms with Gasteiger partial charge in [-0.1, -0.05) is 94.8 Å². The van der Waals surface area contributed by atoms with Gasteiger partial charge in [0.15, 0.2) is 0 Å². The molecule has 2 aliphatic rings. The average Bonchev–Trinajstić information content (AvgIpc) is 1.62. The molecule has 0 bridgehead atoms. The van der Waals surface area contributed by atoms with Gasteiger partial charge in [-0.3, -0.25) is 95.9 Å². The van der Waals surface area contributed by atoms with E-state index in [-0.39, 0.29) is 139 Å². The van der Waals surface area contributed by atoms with Crippen molar-refractivity contribution >= 4 is 160 Å². The highest BCUT2D eigenvalue weighted by molar-refractivity contribution is 7.99. The fourth-order valence-electron chi connectivity index (χ4n) is 16.5. The Morgan fingerprint density at radius 1 is 0.413 bits per heavy atom. The lowest BCUT2D eigenvalue weighted by Gasteiger charge is -2.32. The monoisotopic (exact) mass is 2160 g/mol. The van der Waals surface area contributed by atoms with Gasteiger partial charge in [0.25, 0.3) is 0 Å². The van der Waals surface area contributed by atoms with E-state index < -0.39 is 278 Å². The molecule has 30 N–H and O–H groups in total. The Morgan fingerprint density at radius 2 is 0.787 bits per heavy atom. The zero-order valence-electron chi connectivity index (χ0n) is 86.3. The number of likely N-dealkylation sites (tertiary alicyclic amines) is 1. The molecule has 2 aliphatic heterocycles. The number of nitrogens with one attached hydrogen (secondary N) is 18. The first kappa shape index (κ1) is 128. The molecule has 2 saturated heterocycles. The van der Waals surface area contributed by atoms with Crippen LogP contribution in [0.3, 0.4) is 0 Å².